The lowest BCUT2D eigenvalue weighted by Gasteiger charge is -2.18. The predicted octanol–water partition coefficient (Wildman–Crippen LogP) is 3.41. The summed E-state index contributed by atoms with van der Waals surface area (Å²) < 4.78 is 52.6. The zero-order chi connectivity index (χ0) is 26.9. The van der Waals surface area contributed by atoms with Gasteiger partial charge in [0, 0.05) is 5.56 Å². The van der Waals surface area contributed by atoms with E-state index in [-0.39, 0.29) is 16.6 Å². The van der Waals surface area contributed by atoms with Crippen LogP contribution in [0.4, 0.5) is 10.1 Å². The molecular weight excluding hydrogens is 557 g/mol. The van der Waals surface area contributed by atoms with E-state index in [4.69, 9.17) is 26.1 Å². The van der Waals surface area contributed by atoms with E-state index in [0.717, 1.165) is 0 Å². The fourth-order valence-electron chi connectivity index (χ4n) is 3.87. The van der Waals surface area contributed by atoms with Gasteiger partial charge in [0.25, 0.3) is 5.90 Å². The third kappa shape index (κ3) is 6.15. The number of ether oxygens (including phenoxy) is 1. The Labute approximate surface area is 215 Å². The van der Waals surface area contributed by atoms with E-state index in [1.807, 2.05) is 0 Å². The molecule has 1 fully saturated rings. The lowest BCUT2D eigenvalue weighted by atomic mass is 10.1. The van der Waals surface area contributed by atoms with Crippen LogP contribution in [0.25, 0.3) is 11.0 Å². The van der Waals surface area contributed by atoms with Gasteiger partial charge < -0.3 is 25.2 Å². The summed E-state index contributed by atoms with van der Waals surface area (Å²) in [6.07, 6.45) is -4.00. The van der Waals surface area contributed by atoms with Crippen molar-refractivity contribution in [2.45, 2.75) is 37.5 Å². The second kappa shape index (κ2) is 11.3. The molecule has 5 N–H and O–H groups in total. The molecule has 4 rings (SSSR count). The molecule has 3 heterocycles. The fraction of sp³-hybridized carbons (Fsp3) is 0.400. The predicted molar refractivity (Wildman–Crippen MR) is 129 cm³/mol. The first kappa shape index (κ1) is 27.9. The minimum atomic E-state index is -4.51. The smallest absolute Gasteiger partial charge is 0.387 e. The van der Waals surface area contributed by atoms with Crippen molar-refractivity contribution in [2.75, 3.05) is 17.8 Å². The first-order valence-electron chi connectivity index (χ1n) is 10.8. The maximum atomic E-state index is 14.2. The van der Waals surface area contributed by atoms with Crippen LogP contribution in [-0.2, 0) is 23.1 Å². The molecule has 1 aromatic carbocycles. The molecule has 1 saturated heterocycles. The first-order valence-corrected chi connectivity index (χ1v) is 14.3. The van der Waals surface area contributed by atoms with Crippen molar-refractivity contribution in [3.8, 4) is 0 Å². The van der Waals surface area contributed by atoms with Gasteiger partial charge in [-0.1, -0.05) is 29.8 Å². The van der Waals surface area contributed by atoms with Crippen LogP contribution in [0.3, 0.4) is 0 Å². The van der Waals surface area contributed by atoms with Gasteiger partial charge in [-0.3, -0.25) is 4.57 Å². The van der Waals surface area contributed by atoms with Crippen molar-refractivity contribution in [3.63, 3.8) is 0 Å². The molecular formula is C20H23ClFN4O9P2+. The van der Waals surface area contributed by atoms with Crippen molar-refractivity contribution in [1.29, 1.82) is 0 Å². The average molecular weight is 580 g/mol. The van der Waals surface area contributed by atoms with E-state index in [1.165, 1.54) is 23.0 Å². The highest BCUT2D eigenvalue weighted by atomic mass is 35.5. The van der Waals surface area contributed by atoms with Gasteiger partial charge in [-0.15, -0.1) is 9.20 Å². The summed E-state index contributed by atoms with van der Waals surface area (Å²) in [6, 6.07) is 7.39. The highest BCUT2D eigenvalue weighted by Gasteiger charge is 2.47. The van der Waals surface area contributed by atoms with Gasteiger partial charge >= 0.3 is 15.6 Å². The maximum absolute atomic E-state index is 14.2. The molecule has 13 nitrogen and oxygen atoms in total. The Morgan fingerprint density at radius 3 is 2.78 bits per heavy atom. The van der Waals surface area contributed by atoms with E-state index < -0.39 is 58.7 Å². The van der Waals surface area contributed by atoms with Gasteiger partial charge in [-0.2, -0.15) is 5.10 Å². The summed E-state index contributed by atoms with van der Waals surface area (Å²) in [5.74, 6) is -1.37. The third-order valence-corrected chi connectivity index (χ3v) is 8.90. The van der Waals surface area contributed by atoms with E-state index >= 15 is 0 Å². The molecule has 7 atom stereocenters. The number of fused-ring (bicyclic) bond motifs is 1. The molecule has 0 spiro atoms. The number of nitrogens with one attached hydrogen (secondary N) is 1. The highest BCUT2D eigenvalue weighted by Crippen LogP contribution is 2.49. The molecule has 3 aromatic rings. The molecule has 0 amide bonds. The van der Waals surface area contributed by atoms with Gasteiger partial charge in [0.2, 0.25) is 0 Å². The summed E-state index contributed by atoms with van der Waals surface area (Å²) in [5, 5.41) is 37.3. The van der Waals surface area contributed by atoms with Gasteiger partial charge in [0.05, 0.1) is 23.3 Å². The topological polar surface area (TPSA) is 185 Å². The zero-order valence-electron chi connectivity index (χ0n) is 19.1. The number of hydrogen-bond acceptors (Lipinski definition) is 11. The Morgan fingerprint density at radius 1 is 1.35 bits per heavy atom. The average Bonchev–Trinajstić information content (AvgIpc) is 3.38. The van der Waals surface area contributed by atoms with Crippen LogP contribution in [0.2, 0.25) is 5.15 Å². The minimum Gasteiger partial charge on any atom is -0.387 e. The van der Waals surface area contributed by atoms with Crippen LogP contribution in [0.15, 0.2) is 36.5 Å². The largest absolute Gasteiger partial charge is 0.521 e. The maximum Gasteiger partial charge on any atom is 0.521 e. The summed E-state index contributed by atoms with van der Waals surface area (Å²) in [7, 11) is -7.27. The zero-order valence-corrected chi connectivity index (χ0v) is 21.6. The Morgan fingerprint density at radius 2 is 2.08 bits per heavy atom. The SMILES string of the molecule is C[C@H](Nc1cc(Cl)nc2c1cnn2[C@@H]1O[C@H](CO[P+](=O)CP(=O)(O)OO)[C@@H](O)[C@H]1O)c1ccccc1F. The van der Waals surface area contributed by atoms with Crippen LogP contribution < -0.4 is 5.32 Å². The summed E-state index contributed by atoms with van der Waals surface area (Å²) in [4.78, 5) is 13.4. The van der Waals surface area contributed by atoms with Crippen LogP contribution in [0.5, 0.6) is 0 Å². The Kier molecular flexibility index (Phi) is 8.56. The van der Waals surface area contributed by atoms with E-state index in [0.29, 0.717) is 16.6 Å². The van der Waals surface area contributed by atoms with Gasteiger partial charge in [0.15, 0.2) is 11.9 Å². The van der Waals surface area contributed by atoms with Crippen LogP contribution >= 0.6 is 27.2 Å². The Bertz CT molecular complexity index is 1350. The molecule has 17 heteroatoms. The highest BCUT2D eigenvalue weighted by molar-refractivity contribution is 7.65. The number of aliphatic hydroxyl groups excluding tert-OH is 2. The van der Waals surface area contributed by atoms with Gasteiger partial charge in [0.1, 0.15) is 35.9 Å². The first-order chi connectivity index (χ1) is 17.5. The second-order valence-corrected chi connectivity index (χ2v) is 12.1. The van der Waals surface area contributed by atoms with Crippen molar-refractivity contribution >= 4 is 43.9 Å². The lowest BCUT2D eigenvalue weighted by molar-refractivity contribution is -0.145. The van der Waals surface area contributed by atoms with Crippen LogP contribution in [-0.4, -0.2) is 65.9 Å². The molecule has 1 aliphatic heterocycles. The molecule has 37 heavy (non-hydrogen) atoms. The second-order valence-electron chi connectivity index (χ2n) is 8.24. The number of pyridine rings is 1. The summed E-state index contributed by atoms with van der Waals surface area (Å²) >= 11 is 6.22. The fourth-order valence-corrected chi connectivity index (χ4v) is 6.07. The number of aromatic nitrogens is 3. The molecule has 0 aliphatic carbocycles. The van der Waals surface area contributed by atoms with Crippen LogP contribution in [0, 0.1) is 5.82 Å². The number of hydrogen-bond donors (Lipinski definition) is 5. The summed E-state index contributed by atoms with van der Waals surface area (Å²) in [6.45, 7) is 1.25. The summed E-state index contributed by atoms with van der Waals surface area (Å²) in [5.41, 5.74) is 1.11. The van der Waals surface area contributed by atoms with Crippen molar-refractivity contribution in [1.82, 2.24) is 14.8 Å². The van der Waals surface area contributed by atoms with Gasteiger partial charge in [-0.05, 0) is 23.6 Å². The van der Waals surface area contributed by atoms with Crippen molar-refractivity contribution in [3.05, 3.63) is 53.1 Å². The number of benzene rings is 1. The number of aliphatic hydroxyl groups is 2. The number of nitrogens with zero attached hydrogens (tertiary/aromatic N) is 3. The monoisotopic (exact) mass is 579 g/mol. The quantitative estimate of drug-likeness (QED) is 0.102. The Hall–Kier alpha value is -2.09. The molecule has 200 valence electrons. The molecule has 0 saturated carbocycles. The van der Waals surface area contributed by atoms with Crippen molar-refractivity contribution < 1.29 is 47.8 Å². The number of rotatable bonds is 10. The number of halogens is 2. The lowest BCUT2D eigenvalue weighted by Crippen LogP contribution is -2.33. The molecule has 0 radical (unpaired) electrons. The minimum absolute atomic E-state index is 0.0712. The third-order valence-electron chi connectivity index (χ3n) is 5.66. The molecule has 0 bridgehead atoms. The number of anilines is 1. The molecule has 1 aliphatic rings. The van der Waals surface area contributed by atoms with Crippen LogP contribution in [0.1, 0.15) is 24.8 Å². The van der Waals surface area contributed by atoms with Gasteiger partial charge in [-0.25, -0.2) is 19.3 Å². The standard InChI is InChI=1S/C20H22ClFN4O9P2/c1-10(11-4-2-3-5-13(11)22)24-14-6-16(21)25-19-12(14)7-23-26(19)20-18(28)17(27)15(34-20)8-33-36(30)9-37(31,32)35-29/h2-7,10,15,17-18,20,27-28H,8-9H2,1H3,(H2-,24,25,29,31,32)/p+1/t10-,15+,17+,18+,20+/m0/s1. The Balaban J connectivity index is 1.53. The van der Waals surface area contributed by atoms with Crippen molar-refractivity contribution in [2.24, 2.45) is 0 Å². The molecule has 2 aromatic heterocycles. The molecule has 2 unspecified atom stereocenters. The van der Waals surface area contributed by atoms with E-state index in [1.54, 1.807) is 25.1 Å². The normalized spacial score (nSPS) is 24.7. The van der Waals surface area contributed by atoms with E-state index in [2.05, 4.69) is 20.1 Å². The van der Waals surface area contributed by atoms with E-state index in [9.17, 15) is 28.6 Å².